The van der Waals surface area contributed by atoms with E-state index in [9.17, 15) is 8.78 Å². The van der Waals surface area contributed by atoms with Gasteiger partial charge in [0.15, 0.2) is 0 Å². The fraction of sp³-hybridized carbons (Fsp3) is 1.00. The molecule has 0 radical (unpaired) electrons. The second-order valence-electron chi connectivity index (χ2n) is 6.30. The summed E-state index contributed by atoms with van der Waals surface area (Å²) in [6.45, 7) is 8.83. The molecule has 0 aromatic carbocycles. The Balaban J connectivity index is 0.00000441. The second kappa shape index (κ2) is 9.66. The number of piperazine rings is 1. The molecule has 1 saturated heterocycles. The molecule has 128 valence electrons. The van der Waals surface area contributed by atoms with Gasteiger partial charge in [0, 0.05) is 40.3 Å². The lowest BCUT2D eigenvalue weighted by molar-refractivity contribution is -0.0761. The normalized spacial score (nSPS) is 18.6. The molecule has 1 aliphatic heterocycles. The maximum absolute atomic E-state index is 13.4. The summed E-state index contributed by atoms with van der Waals surface area (Å²) in [7, 11) is 2.14. The summed E-state index contributed by atoms with van der Waals surface area (Å²) in [5.41, 5.74) is 0. The van der Waals surface area contributed by atoms with Crippen molar-refractivity contribution in [3.8, 4) is 0 Å². The Bertz CT molecular complexity index is 276. The van der Waals surface area contributed by atoms with Gasteiger partial charge in [-0.1, -0.05) is 13.8 Å². The van der Waals surface area contributed by atoms with Crippen molar-refractivity contribution >= 4 is 0 Å². The molecule has 1 aliphatic rings. The quantitative estimate of drug-likeness (QED) is 0.624. The Morgan fingerprint density at radius 2 is 1.86 bits per heavy atom. The van der Waals surface area contributed by atoms with Crippen LogP contribution in [-0.2, 0) is 4.74 Å². The number of unbranched alkanes of at least 4 members (excludes halogenated alkanes) is 1. The van der Waals surface area contributed by atoms with Gasteiger partial charge in [-0.2, -0.15) is 0 Å². The number of nitrogens with one attached hydrogen (secondary N) is 1. The first-order valence-electron chi connectivity index (χ1n) is 7.99. The van der Waals surface area contributed by atoms with Crippen LogP contribution < -0.4 is 5.32 Å². The third kappa shape index (κ3) is 9.34. The van der Waals surface area contributed by atoms with Gasteiger partial charge in [-0.15, -0.1) is 0 Å². The fourth-order valence-electron chi connectivity index (χ4n) is 2.24. The summed E-state index contributed by atoms with van der Waals surface area (Å²) < 4.78 is 32.0. The number of likely N-dealkylation sites (N-methyl/N-ethyl adjacent to an activating group) is 1. The molecule has 0 bridgehead atoms. The summed E-state index contributed by atoms with van der Waals surface area (Å²) in [5, 5.41) is 2.74. The highest BCUT2D eigenvalue weighted by atomic mass is 19.3. The summed E-state index contributed by atoms with van der Waals surface area (Å²) >= 11 is 0. The number of ether oxygens (including phenoxy) is 1. The van der Waals surface area contributed by atoms with Gasteiger partial charge >= 0.3 is 0 Å². The Labute approximate surface area is 129 Å². The maximum atomic E-state index is 13.4. The monoisotopic (exact) mass is 309 g/mol. The molecule has 21 heavy (non-hydrogen) atoms. The van der Waals surface area contributed by atoms with Crippen LogP contribution >= 0.6 is 0 Å². The summed E-state index contributed by atoms with van der Waals surface area (Å²) in [6.07, 6.45) is 1.86. The van der Waals surface area contributed by atoms with Crippen LogP contribution in [0.3, 0.4) is 0 Å². The Hall–Kier alpha value is -0.300. The van der Waals surface area contributed by atoms with E-state index < -0.39 is 12.5 Å². The first-order valence-corrected chi connectivity index (χ1v) is 7.99. The molecule has 0 amide bonds. The van der Waals surface area contributed by atoms with E-state index in [1.165, 1.54) is 0 Å². The van der Waals surface area contributed by atoms with Gasteiger partial charge in [-0.05, 0) is 26.4 Å². The largest absolute Gasteiger partial charge is 0.375 e. The van der Waals surface area contributed by atoms with Crippen molar-refractivity contribution in [2.75, 3.05) is 59.5 Å². The predicted octanol–water partition coefficient (Wildman–Crippen LogP) is 1.91. The predicted molar refractivity (Wildman–Crippen MR) is 84.2 cm³/mol. The molecule has 0 unspecified atom stereocenters. The zero-order valence-electron chi connectivity index (χ0n) is 13.7. The molecule has 4 nitrogen and oxygen atoms in total. The van der Waals surface area contributed by atoms with E-state index in [4.69, 9.17) is 4.74 Å². The zero-order chi connectivity index (χ0) is 15.7. The molecule has 0 atom stereocenters. The van der Waals surface area contributed by atoms with Gasteiger partial charge in [-0.3, -0.25) is 0 Å². The van der Waals surface area contributed by atoms with Crippen molar-refractivity contribution in [2.45, 2.75) is 38.7 Å². The number of alkyl halides is 2. The summed E-state index contributed by atoms with van der Waals surface area (Å²) in [6, 6.07) is 0.0689. The molecular formula is C15H33F2N3O. The number of halogens is 2. The number of rotatable bonds is 10. The molecule has 1 rings (SSSR count). The highest BCUT2D eigenvalue weighted by molar-refractivity contribution is 4.71. The smallest absolute Gasteiger partial charge is 0.283 e. The molecule has 1 fully saturated rings. The van der Waals surface area contributed by atoms with E-state index in [-0.39, 0.29) is 14.0 Å². The lowest BCUT2D eigenvalue weighted by atomic mass is 10.2. The van der Waals surface area contributed by atoms with Crippen molar-refractivity contribution < 1.29 is 14.9 Å². The van der Waals surface area contributed by atoms with E-state index in [1.54, 1.807) is 0 Å². The fourth-order valence-corrected chi connectivity index (χ4v) is 2.24. The molecule has 0 saturated carbocycles. The molecule has 1 heterocycles. The van der Waals surface area contributed by atoms with Gasteiger partial charge in [0.1, 0.15) is 6.61 Å². The van der Waals surface area contributed by atoms with E-state index in [0.717, 1.165) is 45.6 Å². The lowest BCUT2D eigenvalue weighted by Gasteiger charge is -2.32. The molecule has 6 heteroatoms. The highest BCUT2D eigenvalue weighted by Crippen LogP contribution is 2.13. The van der Waals surface area contributed by atoms with E-state index in [1.807, 2.05) is 13.8 Å². The lowest BCUT2D eigenvalue weighted by Crippen LogP contribution is -2.44. The van der Waals surface area contributed by atoms with Gasteiger partial charge in [0.05, 0.1) is 6.54 Å². The van der Waals surface area contributed by atoms with Crippen molar-refractivity contribution in [2.24, 2.45) is 0 Å². The van der Waals surface area contributed by atoms with Crippen LogP contribution in [0.2, 0.25) is 0 Å². The molecule has 0 aromatic rings. The maximum Gasteiger partial charge on any atom is 0.283 e. The number of hydrogen-bond acceptors (Lipinski definition) is 4. The van der Waals surface area contributed by atoms with Gasteiger partial charge < -0.3 is 19.9 Å². The van der Waals surface area contributed by atoms with Gasteiger partial charge in [0.25, 0.3) is 5.92 Å². The SMILES string of the molecule is CC(C)NCC(F)(F)COCCCCN1CCN(C)CC1.[HH]. The molecular weight excluding hydrogens is 276 g/mol. The van der Waals surface area contributed by atoms with Crippen LogP contribution in [-0.4, -0.2) is 81.3 Å². The summed E-state index contributed by atoms with van der Waals surface area (Å²) in [5.74, 6) is -2.78. The van der Waals surface area contributed by atoms with E-state index in [2.05, 4.69) is 22.2 Å². The van der Waals surface area contributed by atoms with Crippen LogP contribution in [0.5, 0.6) is 0 Å². The third-order valence-electron chi connectivity index (χ3n) is 3.69. The average molecular weight is 309 g/mol. The first-order chi connectivity index (χ1) is 9.89. The zero-order valence-corrected chi connectivity index (χ0v) is 13.7. The Kier molecular flexibility index (Phi) is 8.63. The van der Waals surface area contributed by atoms with Gasteiger partial charge in [-0.25, -0.2) is 8.78 Å². The minimum absolute atomic E-state index is 0. The second-order valence-corrected chi connectivity index (χ2v) is 6.30. The molecule has 0 aliphatic carbocycles. The van der Waals surface area contributed by atoms with Crippen LogP contribution in [0, 0.1) is 0 Å². The summed E-state index contributed by atoms with van der Waals surface area (Å²) in [4.78, 5) is 4.76. The average Bonchev–Trinajstić information content (AvgIpc) is 2.42. The highest BCUT2D eigenvalue weighted by Gasteiger charge is 2.28. The van der Waals surface area contributed by atoms with Gasteiger partial charge in [0.2, 0.25) is 0 Å². The van der Waals surface area contributed by atoms with Crippen molar-refractivity contribution in [1.29, 1.82) is 0 Å². The Morgan fingerprint density at radius 1 is 1.19 bits per heavy atom. The molecule has 1 N–H and O–H groups in total. The van der Waals surface area contributed by atoms with Crippen LogP contribution in [0.1, 0.15) is 28.1 Å². The minimum Gasteiger partial charge on any atom is -0.375 e. The van der Waals surface area contributed by atoms with Crippen LogP contribution in [0.4, 0.5) is 8.78 Å². The minimum atomic E-state index is -2.78. The van der Waals surface area contributed by atoms with E-state index >= 15 is 0 Å². The third-order valence-corrected chi connectivity index (χ3v) is 3.69. The molecule has 0 spiro atoms. The van der Waals surface area contributed by atoms with E-state index in [0.29, 0.717) is 6.61 Å². The van der Waals surface area contributed by atoms with Crippen LogP contribution in [0.25, 0.3) is 0 Å². The van der Waals surface area contributed by atoms with Crippen molar-refractivity contribution in [3.05, 3.63) is 0 Å². The van der Waals surface area contributed by atoms with Crippen molar-refractivity contribution in [1.82, 2.24) is 15.1 Å². The molecule has 0 aromatic heterocycles. The number of hydrogen-bond donors (Lipinski definition) is 1. The topological polar surface area (TPSA) is 27.7 Å². The van der Waals surface area contributed by atoms with Crippen LogP contribution in [0.15, 0.2) is 0 Å². The van der Waals surface area contributed by atoms with Crippen molar-refractivity contribution in [3.63, 3.8) is 0 Å². The standard InChI is InChI=1S/C15H31F2N3O.H2/c1-14(2)18-12-15(16,17)13-21-11-5-4-6-20-9-7-19(3)8-10-20;/h14,18H,4-13H2,1-3H3;1H. The number of nitrogens with zero attached hydrogens (tertiary/aromatic N) is 2. The Morgan fingerprint density at radius 3 is 2.48 bits per heavy atom. The first kappa shape index (κ1) is 18.7.